The molecule has 0 fully saturated rings. The summed E-state index contributed by atoms with van der Waals surface area (Å²) in [5.74, 6) is -0.220. The second-order valence-corrected chi connectivity index (χ2v) is 4.37. The van der Waals surface area contributed by atoms with Crippen LogP contribution in [-0.4, -0.2) is 16.0 Å². The van der Waals surface area contributed by atoms with Gasteiger partial charge in [-0.3, -0.25) is 4.79 Å². The molecule has 0 atom stereocenters. The van der Waals surface area contributed by atoms with Crippen LogP contribution in [0.4, 0.5) is 10.8 Å². The molecule has 0 aliphatic rings. The van der Waals surface area contributed by atoms with Gasteiger partial charge in [0.1, 0.15) is 5.75 Å². The van der Waals surface area contributed by atoms with E-state index in [0.717, 1.165) is 11.3 Å². The normalized spacial score (nSPS) is 10.2. The highest BCUT2D eigenvalue weighted by atomic mass is 32.1. The summed E-state index contributed by atoms with van der Waals surface area (Å²) in [6.45, 7) is 1.38. The van der Waals surface area contributed by atoms with Crippen LogP contribution >= 0.6 is 11.3 Å². The molecule has 0 radical (unpaired) electrons. The number of amides is 1. The highest BCUT2D eigenvalue weighted by molar-refractivity contribution is 7.13. The maximum Gasteiger partial charge on any atom is 0.221 e. The Morgan fingerprint density at radius 1 is 1.53 bits per heavy atom. The number of nitrogens with one attached hydrogen (secondary N) is 1. The third kappa shape index (κ3) is 2.54. The summed E-state index contributed by atoms with van der Waals surface area (Å²) in [4.78, 5) is 15.1. The third-order valence-corrected chi connectivity index (χ3v) is 2.80. The van der Waals surface area contributed by atoms with Crippen LogP contribution in [0.25, 0.3) is 11.3 Å². The van der Waals surface area contributed by atoms with Crippen molar-refractivity contribution in [1.29, 1.82) is 0 Å². The molecule has 0 aliphatic carbocycles. The van der Waals surface area contributed by atoms with E-state index in [0.29, 0.717) is 10.8 Å². The lowest BCUT2D eigenvalue weighted by Crippen LogP contribution is -2.05. The van der Waals surface area contributed by atoms with E-state index < -0.39 is 0 Å². The Hall–Kier alpha value is -2.08. The number of nitrogens with zero attached hydrogens (tertiary/aromatic N) is 1. The number of thiazole rings is 1. The number of phenols is 1. The Labute approximate surface area is 102 Å². The zero-order chi connectivity index (χ0) is 12.4. The Morgan fingerprint density at radius 3 is 2.88 bits per heavy atom. The minimum Gasteiger partial charge on any atom is -0.506 e. The molecule has 1 amide bonds. The van der Waals surface area contributed by atoms with Crippen molar-refractivity contribution in [3.8, 4) is 17.0 Å². The number of aromatic nitrogens is 1. The number of phenolic OH excluding ortho intramolecular Hbond substituents is 1. The SMILES string of the molecule is CC(=O)Nc1cc(-c2csc(N)n2)ccc1O. The number of aromatic hydroxyl groups is 1. The van der Waals surface area contributed by atoms with Crippen molar-refractivity contribution in [2.75, 3.05) is 11.1 Å². The number of nitrogen functional groups attached to an aromatic ring is 1. The van der Waals surface area contributed by atoms with Crippen molar-refractivity contribution in [2.24, 2.45) is 0 Å². The molecule has 0 aliphatic heterocycles. The first-order valence-corrected chi connectivity index (χ1v) is 5.76. The first-order valence-electron chi connectivity index (χ1n) is 4.88. The van der Waals surface area contributed by atoms with E-state index >= 15 is 0 Å². The second-order valence-electron chi connectivity index (χ2n) is 3.48. The van der Waals surface area contributed by atoms with Crippen LogP contribution < -0.4 is 11.1 Å². The summed E-state index contributed by atoms with van der Waals surface area (Å²) in [6, 6.07) is 4.89. The van der Waals surface area contributed by atoms with E-state index in [4.69, 9.17) is 5.73 Å². The molecule has 88 valence electrons. The van der Waals surface area contributed by atoms with E-state index in [9.17, 15) is 9.90 Å². The van der Waals surface area contributed by atoms with Gasteiger partial charge in [0.25, 0.3) is 0 Å². The number of carbonyl (C=O) groups excluding carboxylic acids is 1. The zero-order valence-electron chi connectivity index (χ0n) is 9.10. The van der Waals surface area contributed by atoms with Crippen molar-refractivity contribution in [3.63, 3.8) is 0 Å². The first-order chi connectivity index (χ1) is 8.06. The van der Waals surface area contributed by atoms with Gasteiger partial charge in [-0.05, 0) is 18.2 Å². The van der Waals surface area contributed by atoms with Gasteiger partial charge in [-0.2, -0.15) is 0 Å². The minimum atomic E-state index is -0.241. The van der Waals surface area contributed by atoms with E-state index in [1.165, 1.54) is 24.3 Å². The number of benzene rings is 1. The van der Waals surface area contributed by atoms with Crippen molar-refractivity contribution in [3.05, 3.63) is 23.6 Å². The molecule has 1 heterocycles. The average Bonchev–Trinajstić information content (AvgIpc) is 2.67. The molecule has 17 heavy (non-hydrogen) atoms. The number of hydrogen-bond donors (Lipinski definition) is 3. The molecule has 1 aromatic heterocycles. The van der Waals surface area contributed by atoms with E-state index in [-0.39, 0.29) is 11.7 Å². The Bertz CT molecular complexity index is 566. The smallest absolute Gasteiger partial charge is 0.221 e. The fraction of sp³-hybridized carbons (Fsp3) is 0.0909. The summed E-state index contributed by atoms with van der Waals surface area (Å²) in [5, 5.41) is 14.4. The topological polar surface area (TPSA) is 88.2 Å². The standard InChI is InChI=1S/C11H11N3O2S/c1-6(15)13-8-4-7(2-3-10(8)16)9-5-17-11(12)14-9/h2-5,16H,1H3,(H2,12,14)(H,13,15). The molecule has 2 aromatic rings. The van der Waals surface area contributed by atoms with E-state index in [1.54, 1.807) is 12.1 Å². The Balaban J connectivity index is 2.40. The number of carbonyl (C=O) groups is 1. The molecule has 5 nitrogen and oxygen atoms in total. The van der Waals surface area contributed by atoms with Gasteiger partial charge in [-0.15, -0.1) is 11.3 Å². The molecule has 0 unspecified atom stereocenters. The second kappa shape index (κ2) is 4.42. The van der Waals surface area contributed by atoms with Gasteiger partial charge in [0.2, 0.25) is 5.91 Å². The quantitative estimate of drug-likeness (QED) is 0.711. The number of hydrogen-bond acceptors (Lipinski definition) is 5. The third-order valence-electron chi connectivity index (χ3n) is 2.12. The lowest BCUT2D eigenvalue weighted by Gasteiger charge is -2.06. The fourth-order valence-corrected chi connectivity index (χ4v) is 1.98. The molecular weight excluding hydrogens is 238 g/mol. The van der Waals surface area contributed by atoms with Crippen molar-refractivity contribution in [1.82, 2.24) is 4.98 Å². The molecule has 6 heteroatoms. The fourth-order valence-electron chi connectivity index (χ4n) is 1.41. The lowest BCUT2D eigenvalue weighted by atomic mass is 10.1. The lowest BCUT2D eigenvalue weighted by molar-refractivity contribution is -0.114. The van der Waals surface area contributed by atoms with Crippen molar-refractivity contribution < 1.29 is 9.90 Å². The van der Waals surface area contributed by atoms with Crippen LogP contribution in [0, 0.1) is 0 Å². The van der Waals surface area contributed by atoms with Gasteiger partial charge in [0.15, 0.2) is 5.13 Å². The van der Waals surface area contributed by atoms with Crippen LogP contribution in [0.2, 0.25) is 0 Å². The monoisotopic (exact) mass is 249 g/mol. The molecule has 1 aromatic carbocycles. The van der Waals surface area contributed by atoms with Gasteiger partial charge < -0.3 is 16.2 Å². The molecule has 2 rings (SSSR count). The predicted octanol–water partition coefficient (Wildman–Crippen LogP) is 2.06. The van der Waals surface area contributed by atoms with Gasteiger partial charge in [-0.1, -0.05) is 0 Å². The molecule has 0 bridgehead atoms. The summed E-state index contributed by atoms with van der Waals surface area (Å²) < 4.78 is 0. The number of anilines is 2. The van der Waals surface area contributed by atoms with Crippen LogP contribution in [-0.2, 0) is 4.79 Å². The largest absolute Gasteiger partial charge is 0.506 e. The molecule has 0 spiro atoms. The molecular formula is C11H11N3O2S. The molecule has 0 saturated carbocycles. The minimum absolute atomic E-state index is 0.0205. The Morgan fingerprint density at radius 2 is 2.29 bits per heavy atom. The highest BCUT2D eigenvalue weighted by Crippen LogP contribution is 2.30. The summed E-state index contributed by atoms with van der Waals surface area (Å²) in [6.07, 6.45) is 0. The zero-order valence-corrected chi connectivity index (χ0v) is 9.91. The Kier molecular flexibility index (Phi) is 2.97. The molecule has 4 N–H and O–H groups in total. The molecule has 0 saturated heterocycles. The summed E-state index contributed by atoms with van der Waals surface area (Å²) in [7, 11) is 0. The van der Waals surface area contributed by atoms with Crippen LogP contribution in [0.15, 0.2) is 23.6 Å². The van der Waals surface area contributed by atoms with Crippen LogP contribution in [0.3, 0.4) is 0 Å². The van der Waals surface area contributed by atoms with E-state index in [1.807, 2.05) is 5.38 Å². The predicted molar refractivity (Wildman–Crippen MR) is 67.9 cm³/mol. The first kappa shape index (κ1) is 11.4. The van der Waals surface area contributed by atoms with E-state index in [2.05, 4.69) is 10.3 Å². The summed E-state index contributed by atoms with van der Waals surface area (Å²) >= 11 is 1.34. The van der Waals surface area contributed by atoms with Gasteiger partial charge in [-0.25, -0.2) is 4.98 Å². The number of rotatable bonds is 2. The highest BCUT2D eigenvalue weighted by Gasteiger charge is 2.08. The number of nitrogens with two attached hydrogens (primary N) is 1. The van der Waals surface area contributed by atoms with Crippen LogP contribution in [0.1, 0.15) is 6.92 Å². The van der Waals surface area contributed by atoms with Gasteiger partial charge in [0, 0.05) is 17.9 Å². The van der Waals surface area contributed by atoms with Crippen molar-refractivity contribution in [2.45, 2.75) is 6.92 Å². The van der Waals surface area contributed by atoms with Gasteiger partial charge >= 0.3 is 0 Å². The van der Waals surface area contributed by atoms with Crippen molar-refractivity contribution >= 4 is 28.1 Å². The maximum atomic E-state index is 11.0. The van der Waals surface area contributed by atoms with Crippen LogP contribution in [0.5, 0.6) is 5.75 Å². The average molecular weight is 249 g/mol. The maximum absolute atomic E-state index is 11.0. The summed E-state index contributed by atoms with van der Waals surface area (Å²) in [5.41, 5.74) is 7.43. The van der Waals surface area contributed by atoms with Gasteiger partial charge in [0.05, 0.1) is 11.4 Å².